The zero-order valence-electron chi connectivity index (χ0n) is 22.4. The predicted molar refractivity (Wildman–Crippen MR) is 160 cm³/mol. The molecule has 1 atom stereocenters. The Bertz CT molecular complexity index is 1950. The summed E-state index contributed by atoms with van der Waals surface area (Å²) in [6, 6.07) is 25.3. The zero-order chi connectivity index (χ0) is 27.6. The number of benzene rings is 3. The normalized spacial score (nSPS) is 11.7. The van der Waals surface area contributed by atoms with Crippen molar-refractivity contribution in [3.05, 3.63) is 119 Å². The van der Waals surface area contributed by atoms with E-state index < -0.39 is 0 Å². The monoisotopic (exact) mass is 525 g/mol. The van der Waals surface area contributed by atoms with Crippen molar-refractivity contribution in [2.75, 3.05) is 24.3 Å². The molecule has 8 nitrogen and oxygen atoms in total. The minimum Gasteiger partial charge on any atom is -0.378 e. The van der Waals surface area contributed by atoms with Crippen molar-refractivity contribution in [3.63, 3.8) is 0 Å². The molecule has 1 unspecified atom stereocenters. The molecule has 196 valence electrons. The first-order chi connectivity index (χ1) is 19.5. The Kier molecular flexibility index (Phi) is 6.46. The van der Waals surface area contributed by atoms with Crippen molar-refractivity contribution in [1.29, 1.82) is 0 Å². The molecule has 3 aromatic carbocycles. The molecule has 0 bridgehead atoms. The van der Waals surface area contributed by atoms with Gasteiger partial charge in [0.25, 0.3) is 5.56 Å². The van der Waals surface area contributed by atoms with Crippen LogP contribution in [-0.4, -0.2) is 38.6 Å². The van der Waals surface area contributed by atoms with E-state index in [0.717, 1.165) is 28.0 Å². The summed E-state index contributed by atoms with van der Waals surface area (Å²) in [6.07, 6.45) is 3.06. The van der Waals surface area contributed by atoms with Crippen LogP contribution in [-0.2, 0) is 0 Å². The fourth-order valence-electron chi connectivity index (χ4n) is 4.78. The molecule has 40 heavy (non-hydrogen) atoms. The van der Waals surface area contributed by atoms with Gasteiger partial charge in [-0.3, -0.25) is 9.36 Å². The highest BCUT2D eigenvalue weighted by atomic mass is 16.1. The van der Waals surface area contributed by atoms with Crippen LogP contribution in [0, 0.1) is 11.8 Å². The summed E-state index contributed by atoms with van der Waals surface area (Å²) in [5.74, 6) is 7.11. The summed E-state index contributed by atoms with van der Waals surface area (Å²) in [4.78, 5) is 32.2. The summed E-state index contributed by atoms with van der Waals surface area (Å²) < 4.78 is 1.75. The maximum absolute atomic E-state index is 14.2. The number of fused-ring (bicyclic) bond motifs is 2. The fraction of sp³-hybridized carbons (Fsp3) is 0.125. The van der Waals surface area contributed by atoms with Gasteiger partial charge in [-0.25, -0.2) is 15.0 Å². The highest BCUT2D eigenvalue weighted by molar-refractivity contribution is 5.88. The largest absolute Gasteiger partial charge is 0.378 e. The van der Waals surface area contributed by atoms with E-state index in [4.69, 9.17) is 0 Å². The molecule has 3 aromatic heterocycles. The summed E-state index contributed by atoms with van der Waals surface area (Å²) in [7, 11) is 4.01. The third-order valence-corrected chi connectivity index (χ3v) is 6.83. The van der Waals surface area contributed by atoms with Crippen LogP contribution in [0.3, 0.4) is 0 Å². The molecule has 8 heteroatoms. The van der Waals surface area contributed by atoms with E-state index >= 15 is 0 Å². The first-order valence-electron chi connectivity index (χ1n) is 12.9. The third-order valence-electron chi connectivity index (χ3n) is 6.83. The van der Waals surface area contributed by atoms with Crippen LogP contribution in [0.4, 0.5) is 11.5 Å². The van der Waals surface area contributed by atoms with E-state index in [0.29, 0.717) is 27.9 Å². The van der Waals surface area contributed by atoms with Crippen molar-refractivity contribution in [1.82, 2.24) is 24.5 Å². The van der Waals surface area contributed by atoms with E-state index in [1.807, 2.05) is 105 Å². The van der Waals surface area contributed by atoms with E-state index in [-0.39, 0.29) is 11.6 Å². The van der Waals surface area contributed by atoms with E-state index in [2.05, 4.69) is 37.1 Å². The number of aromatic nitrogens is 5. The number of hydrogen-bond donors (Lipinski definition) is 2. The number of anilines is 2. The predicted octanol–water partition coefficient (Wildman–Crippen LogP) is 5.30. The molecule has 0 radical (unpaired) electrons. The van der Waals surface area contributed by atoms with Gasteiger partial charge >= 0.3 is 0 Å². The molecule has 0 aliphatic carbocycles. The first-order valence-corrected chi connectivity index (χ1v) is 12.9. The number of H-pyrrole nitrogens is 1. The average molecular weight is 526 g/mol. The van der Waals surface area contributed by atoms with Gasteiger partial charge < -0.3 is 15.2 Å². The number of nitrogens with one attached hydrogen (secondary N) is 2. The standard InChI is InChI=1S/C32H27N7O/c1-21(37-31-29-30(34-19-33-29)35-20-36-31)27-18-24-9-7-8-23(15-12-22-13-16-25(17-14-22)38(2)3)28(24)32(40)39(27)26-10-5-4-6-11-26/h4-11,13-14,16-21H,1-3H3,(H2,33,34,35,36,37). The highest BCUT2D eigenvalue weighted by Gasteiger charge is 2.19. The highest BCUT2D eigenvalue weighted by Crippen LogP contribution is 2.26. The molecular weight excluding hydrogens is 498 g/mol. The number of nitrogens with zero attached hydrogens (tertiary/aromatic N) is 5. The van der Waals surface area contributed by atoms with Crippen LogP contribution in [0.5, 0.6) is 0 Å². The number of hydrogen-bond acceptors (Lipinski definition) is 6. The molecule has 0 saturated heterocycles. The van der Waals surface area contributed by atoms with Crippen molar-refractivity contribution in [2.24, 2.45) is 0 Å². The van der Waals surface area contributed by atoms with Crippen molar-refractivity contribution < 1.29 is 0 Å². The maximum atomic E-state index is 14.2. The van der Waals surface area contributed by atoms with Crippen molar-refractivity contribution >= 4 is 33.4 Å². The second kappa shape index (κ2) is 10.4. The van der Waals surface area contributed by atoms with Crippen LogP contribution >= 0.6 is 0 Å². The van der Waals surface area contributed by atoms with Crippen molar-refractivity contribution in [3.8, 4) is 17.5 Å². The third kappa shape index (κ3) is 4.65. The van der Waals surface area contributed by atoms with Crippen LogP contribution in [0.2, 0.25) is 0 Å². The Balaban J connectivity index is 1.48. The first kappa shape index (κ1) is 24.9. The molecule has 0 fully saturated rings. The van der Waals surface area contributed by atoms with Crippen LogP contribution in [0.25, 0.3) is 27.6 Å². The summed E-state index contributed by atoms with van der Waals surface area (Å²) >= 11 is 0. The van der Waals surface area contributed by atoms with Gasteiger partial charge in [0, 0.05) is 42.3 Å². The second-order valence-electron chi connectivity index (χ2n) is 9.70. The van der Waals surface area contributed by atoms with Crippen LogP contribution in [0.1, 0.15) is 29.8 Å². The van der Waals surface area contributed by atoms with Gasteiger partial charge in [0.2, 0.25) is 0 Å². The Morgan fingerprint density at radius 1 is 0.925 bits per heavy atom. The number of rotatable bonds is 5. The number of para-hydroxylation sites is 1. The van der Waals surface area contributed by atoms with E-state index in [1.54, 1.807) is 10.9 Å². The van der Waals surface area contributed by atoms with Gasteiger partial charge in [-0.05, 0) is 60.8 Å². The summed E-state index contributed by atoms with van der Waals surface area (Å²) in [5.41, 5.74) is 5.39. The average Bonchev–Trinajstić information content (AvgIpc) is 3.46. The van der Waals surface area contributed by atoms with Crippen LogP contribution in [0.15, 0.2) is 96.3 Å². The quantitative estimate of drug-likeness (QED) is 0.297. The number of pyridine rings is 1. The lowest BCUT2D eigenvalue weighted by atomic mass is 10.0. The zero-order valence-corrected chi connectivity index (χ0v) is 22.4. The lowest BCUT2D eigenvalue weighted by Gasteiger charge is -2.21. The maximum Gasteiger partial charge on any atom is 0.264 e. The second-order valence-corrected chi connectivity index (χ2v) is 9.70. The Morgan fingerprint density at radius 2 is 1.73 bits per heavy atom. The Hall–Kier alpha value is -5.42. The van der Waals surface area contributed by atoms with Gasteiger partial charge in [0.15, 0.2) is 11.5 Å². The molecule has 0 saturated carbocycles. The number of imidazole rings is 1. The molecule has 0 spiro atoms. The Morgan fingerprint density at radius 3 is 2.50 bits per heavy atom. The SMILES string of the molecule is CC(Nc1ncnc2nc[nH]c12)c1cc2cccc(C#Cc3ccc(N(C)C)cc3)c2c(=O)n1-c1ccccc1. The molecule has 0 amide bonds. The van der Waals surface area contributed by atoms with Gasteiger partial charge in [0.1, 0.15) is 11.8 Å². The summed E-state index contributed by atoms with van der Waals surface area (Å²) in [5, 5.41) is 4.85. The molecule has 2 N–H and O–H groups in total. The summed E-state index contributed by atoms with van der Waals surface area (Å²) in [6.45, 7) is 2.01. The smallest absolute Gasteiger partial charge is 0.264 e. The lowest BCUT2D eigenvalue weighted by Crippen LogP contribution is -2.26. The molecule has 0 aliphatic heterocycles. The van der Waals surface area contributed by atoms with Gasteiger partial charge in [-0.15, -0.1) is 0 Å². The fourth-order valence-corrected chi connectivity index (χ4v) is 4.78. The lowest BCUT2D eigenvalue weighted by molar-refractivity contribution is 0.774. The minimum atomic E-state index is -0.274. The molecule has 3 heterocycles. The molecule has 0 aliphatic rings. The Labute approximate surface area is 231 Å². The topological polar surface area (TPSA) is 91.7 Å². The molecular formula is C32H27N7O. The van der Waals surface area contributed by atoms with E-state index in [9.17, 15) is 4.79 Å². The number of aromatic amines is 1. The van der Waals surface area contributed by atoms with Gasteiger partial charge in [-0.2, -0.15) is 0 Å². The molecule has 6 aromatic rings. The molecule has 6 rings (SSSR count). The minimum absolute atomic E-state index is 0.130. The van der Waals surface area contributed by atoms with Gasteiger partial charge in [-0.1, -0.05) is 42.2 Å². The van der Waals surface area contributed by atoms with Gasteiger partial charge in [0.05, 0.1) is 17.8 Å². The van der Waals surface area contributed by atoms with Crippen LogP contribution < -0.4 is 15.8 Å². The van der Waals surface area contributed by atoms with Crippen molar-refractivity contribution in [2.45, 2.75) is 13.0 Å². The van der Waals surface area contributed by atoms with E-state index in [1.165, 1.54) is 6.33 Å².